The van der Waals surface area contributed by atoms with Crippen molar-refractivity contribution in [2.24, 2.45) is 0 Å². The van der Waals surface area contributed by atoms with Crippen LogP contribution in [0.1, 0.15) is 25.3 Å². The Bertz CT molecular complexity index is 500. The Hall–Kier alpha value is -2.30. The maximum atomic E-state index is 12.0. The van der Waals surface area contributed by atoms with Crippen molar-refractivity contribution in [1.29, 1.82) is 0 Å². The lowest BCUT2D eigenvalue weighted by molar-refractivity contribution is -0.149. The lowest BCUT2D eigenvalue weighted by Gasteiger charge is -2.34. The van der Waals surface area contributed by atoms with Gasteiger partial charge in [-0.3, -0.25) is 4.90 Å². The molecule has 5 heteroatoms. The van der Waals surface area contributed by atoms with Crippen molar-refractivity contribution in [2.75, 3.05) is 7.05 Å². The smallest absolute Gasteiger partial charge is 0.410 e. The number of nitrogens with zero attached hydrogens (tertiary/aromatic N) is 1. The zero-order chi connectivity index (χ0) is 15.9. The fourth-order valence-corrected chi connectivity index (χ4v) is 1.82. The van der Waals surface area contributed by atoms with Gasteiger partial charge in [-0.2, -0.15) is 0 Å². The van der Waals surface area contributed by atoms with E-state index in [9.17, 15) is 14.7 Å². The Morgan fingerprint density at radius 2 is 2.00 bits per heavy atom. The van der Waals surface area contributed by atoms with Gasteiger partial charge in [0, 0.05) is 7.05 Å². The molecule has 0 spiro atoms. The van der Waals surface area contributed by atoms with Crippen LogP contribution in [0.25, 0.3) is 0 Å². The summed E-state index contributed by atoms with van der Waals surface area (Å²) in [5.41, 5.74) is -0.468. The molecule has 1 atom stereocenters. The second kappa shape index (κ2) is 7.47. The molecular formula is C16H21NO4. The first-order valence-electron chi connectivity index (χ1n) is 6.70. The number of ether oxygens (including phenoxy) is 1. The maximum absolute atomic E-state index is 12.0. The van der Waals surface area contributed by atoms with Crippen LogP contribution in [-0.2, 0) is 16.1 Å². The quantitative estimate of drug-likeness (QED) is 0.784. The Morgan fingerprint density at radius 1 is 1.38 bits per heavy atom. The topological polar surface area (TPSA) is 66.8 Å². The second-order valence-electron chi connectivity index (χ2n) is 5.01. The SMILES string of the molecule is C=CCCC(C)(C(=O)O)N(C)C(=O)OCc1ccccc1. The van der Waals surface area contributed by atoms with Crippen LogP contribution in [-0.4, -0.2) is 34.7 Å². The molecular weight excluding hydrogens is 270 g/mol. The number of carboxylic acids is 1. The van der Waals surface area contributed by atoms with E-state index < -0.39 is 17.6 Å². The third kappa shape index (κ3) is 4.34. The Balaban J connectivity index is 2.70. The van der Waals surface area contributed by atoms with Gasteiger partial charge in [0.2, 0.25) is 0 Å². The number of carbonyl (C=O) groups excluding carboxylic acids is 1. The summed E-state index contributed by atoms with van der Waals surface area (Å²) in [5, 5.41) is 9.38. The van der Waals surface area contributed by atoms with Crippen LogP contribution < -0.4 is 0 Å². The Labute approximate surface area is 124 Å². The van der Waals surface area contributed by atoms with Crippen LogP contribution in [0, 0.1) is 0 Å². The second-order valence-corrected chi connectivity index (χ2v) is 5.01. The van der Waals surface area contributed by atoms with Gasteiger partial charge in [-0.05, 0) is 25.3 Å². The molecule has 1 rings (SSSR count). The van der Waals surface area contributed by atoms with Crippen molar-refractivity contribution < 1.29 is 19.4 Å². The summed E-state index contributed by atoms with van der Waals surface area (Å²) in [5.74, 6) is -1.07. The summed E-state index contributed by atoms with van der Waals surface area (Å²) in [4.78, 5) is 24.6. The molecule has 1 unspecified atom stereocenters. The van der Waals surface area contributed by atoms with Crippen LogP contribution in [0.5, 0.6) is 0 Å². The summed E-state index contributed by atoms with van der Waals surface area (Å²) < 4.78 is 5.16. The van der Waals surface area contributed by atoms with E-state index in [-0.39, 0.29) is 13.0 Å². The fourth-order valence-electron chi connectivity index (χ4n) is 1.82. The van der Waals surface area contributed by atoms with E-state index in [4.69, 9.17) is 4.74 Å². The largest absolute Gasteiger partial charge is 0.480 e. The predicted molar refractivity (Wildman–Crippen MR) is 79.9 cm³/mol. The maximum Gasteiger partial charge on any atom is 0.410 e. The molecule has 1 amide bonds. The minimum atomic E-state index is -1.32. The molecule has 114 valence electrons. The molecule has 0 aliphatic carbocycles. The number of carbonyl (C=O) groups is 2. The van der Waals surface area contributed by atoms with Crippen molar-refractivity contribution in [3.63, 3.8) is 0 Å². The minimum Gasteiger partial charge on any atom is -0.480 e. The van der Waals surface area contributed by atoms with Gasteiger partial charge in [-0.1, -0.05) is 36.4 Å². The van der Waals surface area contributed by atoms with E-state index in [1.807, 2.05) is 30.3 Å². The molecule has 0 aliphatic rings. The molecule has 21 heavy (non-hydrogen) atoms. The highest BCUT2D eigenvalue weighted by atomic mass is 16.6. The van der Waals surface area contributed by atoms with Crippen LogP contribution in [0.4, 0.5) is 4.79 Å². The van der Waals surface area contributed by atoms with E-state index in [0.29, 0.717) is 6.42 Å². The molecule has 0 radical (unpaired) electrons. The minimum absolute atomic E-state index is 0.112. The lowest BCUT2D eigenvalue weighted by Crippen LogP contribution is -2.53. The van der Waals surface area contributed by atoms with Crippen LogP contribution >= 0.6 is 0 Å². The average molecular weight is 291 g/mol. The van der Waals surface area contributed by atoms with Crippen molar-refractivity contribution in [3.05, 3.63) is 48.6 Å². The molecule has 0 aliphatic heterocycles. The molecule has 0 saturated carbocycles. The molecule has 0 heterocycles. The number of amides is 1. The van der Waals surface area contributed by atoms with E-state index in [2.05, 4.69) is 6.58 Å². The zero-order valence-corrected chi connectivity index (χ0v) is 12.4. The standard InChI is InChI=1S/C16H21NO4/c1-4-5-11-16(2,14(18)19)17(3)15(20)21-12-13-9-7-6-8-10-13/h4,6-10H,1,5,11-12H2,2-3H3,(H,18,19). The monoisotopic (exact) mass is 291 g/mol. The number of hydrogen-bond acceptors (Lipinski definition) is 3. The van der Waals surface area contributed by atoms with Crippen molar-refractivity contribution >= 4 is 12.1 Å². The van der Waals surface area contributed by atoms with Gasteiger partial charge in [0.15, 0.2) is 0 Å². The van der Waals surface area contributed by atoms with Crippen molar-refractivity contribution in [1.82, 2.24) is 4.90 Å². The number of rotatable bonds is 7. The highest BCUT2D eigenvalue weighted by Crippen LogP contribution is 2.22. The molecule has 5 nitrogen and oxygen atoms in total. The summed E-state index contributed by atoms with van der Waals surface area (Å²) in [6.07, 6.45) is 1.75. The molecule has 1 N–H and O–H groups in total. The van der Waals surface area contributed by atoms with E-state index >= 15 is 0 Å². The zero-order valence-electron chi connectivity index (χ0n) is 12.4. The van der Waals surface area contributed by atoms with Gasteiger partial charge in [-0.15, -0.1) is 6.58 Å². The fraction of sp³-hybridized carbons (Fsp3) is 0.375. The number of likely N-dealkylation sites (N-methyl/N-ethyl adjacent to an activating group) is 1. The highest BCUT2D eigenvalue weighted by Gasteiger charge is 2.40. The van der Waals surface area contributed by atoms with Crippen molar-refractivity contribution in [3.8, 4) is 0 Å². The molecule has 0 aromatic heterocycles. The van der Waals surface area contributed by atoms with Gasteiger partial charge in [0.25, 0.3) is 0 Å². The summed E-state index contributed by atoms with van der Waals surface area (Å²) in [7, 11) is 1.44. The highest BCUT2D eigenvalue weighted by molar-refractivity contribution is 5.83. The predicted octanol–water partition coefficient (Wildman–Crippen LogP) is 3.06. The van der Waals surface area contributed by atoms with E-state index in [1.54, 1.807) is 6.08 Å². The number of benzene rings is 1. The van der Waals surface area contributed by atoms with E-state index in [1.165, 1.54) is 14.0 Å². The molecule has 0 bridgehead atoms. The van der Waals surface area contributed by atoms with Crippen LogP contribution in [0.2, 0.25) is 0 Å². The number of hydrogen-bond donors (Lipinski definition) is 1. The first-order valence-corrected chi connectivity index (χ1v) is 6.70. The number of allylic oxidation sites excluding steroid dienone is 1. The van der Waals surface area contributed by atoms with Crippen molar-refractivity contribution in [2.45, 2.75) is 31.9 Å². The third-order valence-electron chi connectivity index (χ3n) is 3.52. The number of aliphatic carboxylic acids is 1. The van der Waals surface area contributed by atoms with Gasteiger partial charge >= 0.3 is 12.1 Å². The van der Waals surface area contributed by atoms with Gasteiger partial charge in [-0.25, -0.2) is 9.59 Å². The number of carboxylic acid groups (broad SMARTS) is 1. The summed E-state index contributed by atoms with van der Waals surface area (Å²) >= 11 is 0. The molecule has 0 saturated heterocycles. The Morgan fingerprint density at radius 3 is 2.52 bits per heavy atom. The molecule has 0 fully saturated rings. The average Bonchev–Trinajstić information content (AvgIpc) is 2.50. The van der Waals surface area contributed by atoms with Crippen LogP contribution in [0.3, 0.4) is 0 Å². The lowest BCUT2D eigenvalue weighted by atomic mass is 9.94. The first-order chi connectivity index (χ1) is 9.91. The van der Waals surface area contributed by atoms with Crippen LogP contribution in [0.15, 0.2) is 43.0 Å². The van der Waals surface area contributed by atoms with Gasteiger partial charge in [0.05, 0.1) is 0 Å². The summed E-state index contributed by atoms with van der Waals surface area (Å²) in [6.45, 7) is 5.19. The van der Waals surface area contributed by atoms with E-state index in [0.717, 1.165) is 10.5 Å². The van der Waals surface area contributed by atoms with Gasteiger partial charge < -0.3 is 9.84 Å². The molecule has 1 aromatic carbocycles. The normalized spacial score (nSPS) is 13.0. The van der Waals surface area contributed by atoms with Gasteiger partial charge in [0.1, 0.15) is 12.1 Å². The Kier molecular flexibility index (Phi) is 5.96. The first kappa shape index (κ1) is 16.8. The molecule has 1 aromatic rings. The summed E-state index contributed by atoms with van der Waals surface area (Å²) in [6, 6.07) is 9.23. The third-order valence-corrected chi connectivity index (χ3v) is 3.52.